The van der Waals surface area contributed by atoms with E-state index in [0.717, 1.165) is 12.3 Å². The third-order valence-corrected chi connectivity index (χ3v) is 4.78. The largest absolute Gasteiger partial charge is 0.415 e. The van der Waals surface area contributed by atoms with Crippen LogP contribution < -0.4 is 4.74 Å². The zero-order valence-electron chi connectivity index (χ0n) is 15.3. The first-order valence-electron chi connectivity index (χ1n) is 9.75. The quantitative estimate of drug-likeness (QED) is 0.602. The molecule has 0 aliphatic heterocycles. The Morgan fingerprint density at radius 3 is 1.84 bits per heavy atom. The molecule has 1 aliphatic rings. The average Bonchev–Trinajstić information content (AvgIpc) is 2.58. The first-order valence-corrected chi connectivity index (χ1v) is 10.1. The molecule has 0 unspecified atom stereocenters. The molecule has 0 aromatic heterocycles. The Labute approximate surface area is 157 Å². The van der Waals surface area contributed by atoms with E-state index in [2.05, 4.69) is 4.74 Å². The van der Waals surface area contributed by atoms with Gasteiger partial charge in [0, 0.05) is 18.2 Å². The number of carbonyl (C=O) groups excluding carboxylic acids is 1. The van der Waals surface area contributed by atoms with E-state index in [1.54, 1.807) is 24.3 Å². The van der Waals surface area contributed by atoms with Gasteiger partial charge in [-0.2, -0.15) is 0 Å². The third-order valence-electron chi connectivity index (χ3n) is 4.70. The molecule has 1 saturated carbocycles. The molecule has 0 spiro atoms. The minimum atomic E-state index is -0.814. The van der Waals surface area contributed by atoms with E-state index in [1.165, 1.54) is 70.6 Å². The fraction of sp³-hybridized carbons (Fsp3) is 0.667. The maximum atomic E-state index is 10.2. The molecule has 3 nitrogen and oxygen atoms in total. The second-order valence-electron chi connectivity index (χ2n) is 6.79. The fourth-order valence-corrected chi connectivity index (χ4v) is 3.39. The summed E-state index contributed by atoms with van der Waals surface area (Å²) in [6, 6.07) is 8.65. The summed E-state index contributed by atoms with van der Waals surface area (Å²) in [5, 5.41) is 9.01. The molecule has 0 saturated heterocycles. The number of rotatable bonds is 3. The molecule has 1 aromatic carbocycles. The van der Waals surface area contributed by atoms with Crippen molar-refractivity contribution in [2.24, 2.45) is 5.92 Å². The van der Waals surface area contributed by atoms with Crippen molar-refractivity contribution in [2.45, 2.75) is 77.0 Å². The molecule has 1 aromatic rings. The van der Waals surface area contributed by atoms with E-state index in [0.29, 0.717) is 12.4 Å². The van der Waals surface area contributed by atoms with Gasteiger partial charge in [0.05, 0.1) is 0 Å². The van der Waals surface area contributed by atoms with Gasteiger partial charge in [0.25, 0.3) is 0 Å². The number of hydrogen-bond acceptors (Lipinski definition) is 3. The van der Waals surface area contributed by atoms with Crippen LogP contribution in [-0.4, -0.2) is 17.1 Å². The van der Waals surface area contributed by atoms with Crippen molar-refractivity contribution in [1.29, 1.82) is 0 Å². The summed E-state index contributed by atoms with van der Waals surface area (Å²) < 4.78 is 4.54. The fourth-order valence-electron chi connectivity index (χ4n) is 3.30. The molecule has 1 fully saturated rings. The van der Waals surface area contributed by atoms with E-state index >= 15 is 0 Å². The van der Waals surface area contributed by atoms with Crippen LogP contribution in [0.3, 0.4) is 0 Å². The van der Waals surface area contributed by atoms with Crippen LogP contribution in [0.1, 0.15) is 77.0 Å². The lowest BCUT2D eigenvalue weighted by Crippen LogP contribution is -2.04. The van der Waals surface area contributed by atoms with Gasteiger partial charge in [-0.3, -0.25) is 0 Å². The number of benzene rings is 1. The van der Waals surface area contributed by atoms with Crippen molar-refractivity contribution in [1.82, 2.24) is 0 Å². The van der Waals surface area contributed by atoms with Crippen LogP contribution in [0.15, 0.2) is 30.3 Å². The van der Waals surface area contributed by atoms with Crippen LogP contribution >= 0.6 is 11.6 Å². The third kappa shape index (κ3) is 12.9. The molecule has 0 atom stereocenters. The minimum Gasteiger partial charge on any atom is -0.415 e. The van der Waals surface area contributed by atoms with E-state index in [-0.39, 0.29) is 0 Å². The van der Waals surface area contributed by atoms with Crippen molar-refractivity contribution in [3.05, 3.63) is 30.3 Å². The van der Waals surface area contributed by atoms with Gasteiger partial charge in [0.15, 0.2) is 0 Å². The van der Waals surface area contributed by atoms with Crippen LogP contribution in [-0.2, 0) is 0 Å². The molecule has 142 valence electrons. The van der Waals surface area contributed by atoms with Gasteiger partial charge in [-0.05, 0) is 24.5 Å². The Morgan fingerprint density at radius 1 is 0.920 bits per heavy atom. The monoisotopic (exact) mass is 368 g/mol. The van der Waals surface area contributed by atoms with Gasteiger partial charge in [0.2, 0.25) is 0 Å². The van der Waals surface area contributed by atoms with Crippen molar-refractivity contribution in [3.63, 3.8) is 0 Å². The molecule has 0 radical (unpaired) electrons. The van der Waals surface area contributed by atoms with Gasteiger partial charge in [-0.15, -0.1) is 0 Å². The number of carbonyl (C=O) groups is 1. The highest BCUT2D eigenvalue weighted by Gasteiger charge is 2.08. The molecule has 4 heteroatoms. The molecular weight excluding hydrogens is 336 g/mol. The van der Waals surface area contributed by atoms with Crippen LogP contribution in [0, 0.1) is 5.92 Å². The smallest absolute Gasteiger partial charge is 0.409 e. The topological polar surface area (TPSA) is 46.5 Å². The summed E-state index contributed by atoms with van der Waals surface area (Å²) in [5.41, 5.74) is -0.814. The summed E-state index contributed by atoms with van der Waals surface area (Å²) in [6.45, 7) is 0.394. The van der Waals surface area contributed by atoms with Crippen LogP contribution in [0.25, 0.3) is 0 Å². The predicted octanol–water partition coefficient (Wildman–Crippen LogP) is 6.71. The Morgan fingerprint density at radius 2 is 1.40 bits per heavy atom. The Hall–Kier alpha value is -1.06. The van der Waals surface area contributed by atoms with Crippen molar-refractivity contribution in [2.75, 3.05) is 6.61 Å². The highest BCUT2D eigenvalue weighted by Crippen LogP contribution is 2.22. The van der Waals surface area contributed by atoms with Gasteiger partial charge in [-0.1, -0.05) is 88.8 Å². The molecule has 1 aliphatic carbocycles. The van der Waals surface area contributed by atoms with Crippen LogP contribution in [0.4, 0.5) is 4.79 Å². The van der Waals surface area contributed by atoms with Crippen LogP contribution in [0.5, 0.6) is 5.75 Å². The number of aliphatic hydroxyl groups is 1. The zero-order chi connectivity index (χ0) is 18.2. The summed E-state index contributed by atoms with van der Waals surface area (Å²) in [4.78, 5) is 10.2. The minimum absolute atomic E-state index is 0.394. The van der Waals surface area contributed by atoms with E-state index < -0.39 is 5.43 Å². The standard InChI is InChI=1S/C14H28O.C7H5ClO2/c15-13-12-14-10-8-6-4-2-1-3-5-7-9-11-14;8-7(9)10-6-4-2-1-3-5-6/h14-15H,1-13H2;1-5H. The summed E-state index contributed by atoms with van der Waals surface area (Å²) >= 11 is 4.95. The van der Waals surface area contributed by atoms with Crippen molar-refractivity contribution >= 4 is 17.0 Å². The Bertz CT molecular complexity index is 424. The molecule has 2 rings (SSSR count). The zero-order valence-corrected chi connectivity index (χ0v) is 16.1. The van der Waals surface area contributed by atoms with Gasteiger partial charge < -0.3 is 9.84 Å². The molecule has 0 bridgehead atoms. The Kier molecular flexibility index (Phi) is 13.4. The molecule has 0 heterocycles. The lowest BCUT2D eigenvalue weighted by Gasteiger charge is -2.16. The predicted molar refractivity (Wildman–Crippen MR) is 104 cm³/mol. The molecular formula is C21H33ClO3. The van der Waals surface area contributed by atoms with Gasteiger partial charge >= 0.3 is 5.43 Å². The number of hydrogen-bond donors (Lipinski definition) is 1. The van der Waals surface area contributed by atoms with Gasteiger partial charge in [-0.25, -0.2) is 4.79 Å². The highest BCUT2D eigenvalue weighted by atomic mass is 35.5. The first kappa shape index (κ1) is 22.0. The second kappa shape index (κ2) is 15.2. The van der Waals surface area contributed by atoms with Crippen molar-refractivity contribution in [3.8, 4) is 5.75 Å². The summed E-state index contributed by atoms with van der Waals surface area (Å²) in [7, 11) is 0. The molecule has 25 heavy (non-hydrogen) atoms. The van der Waals surface area contributed by atoms with Gasteiger partial charge in [0.1, 0.15) is 5.75 Å². The number of halogens is 1. The number of ether oxygens (including phenoxy) is 1. The summed E-state index contributed by atoms with van der Waals surface area (Å²) in [6.07, 6.45) is 16.6. The second-order valence-corrected chi connectivity index (χ2v) is 7.10. The van der Waals surface area contributed by atoms with E-state index in [1.807, 2.05) is 6.07 Å². The maximum absolute atomic E-state index is 10.2. The van der Waals surface area contributed by atoms with Crippen LogP contribution in [0.2, 0.25) is 0 Å². The van der Waals surface area contributed by atoms with Crippen molar-refractivity contribution < 1.29 is 14.6 Å². The molecule has 1 N–H and O–H groups in total. The normalized spacial score (nSPS) is 17.4. The number of para-hydroxylation sites is 1. The molecule has 0 amide bonds. The SMILES string of the molecule is O=C(Cl)Oc1ccccc1.OCCC1CCCCCCCCCCC1. The summed E-state index contributed by atoms with van der Waals surface area (Å²) in [5.74, 6) is 1.27. The Balaban J connectivity index is 0.000000271. The van der Waals surface area contributed by atoms with E-state index in [4.69, 9.17) is 16.7 Å². The highest BCUT2D eigenvalue weighted by molar-refractivity contribution is 6.61. The lowest BCUT2D eigenvalue weighted by molar-refractivity contribution is 0.225. The lowest BCUT2D eigenvalue weighted by atomic mass is 9.91. The number of aliphatic hydroxyl groups excluding tert-OH is 1. The van der Waals surface area contributed by atoms with E-state index in [9.17, 15) is 4.79 Å². The average molecular weight is 369 g/mol. The first-order chi connectivity index (χ1) is 12.2. The maximum Gasteiger partial charge on any atom is 0.409 e.